The predicted octanol–water partition coefficient (Wildman–Crippen LogP) is 2.96. The Hall–Kier alpha value is -1.07. The van der Waals surface area contributed by atoms with Gasteiger partial charge in [0, 0.05) is 13.1 Å². The van der Waals surface area contributed by atoms with Crippen LogP contribution in [-0.2, 0) is 12.7 Å². The molecule has 2 atom stereocenters. The van der Waals surface area contributed by atoms with Gasteiger partial charge in [0.25, 0.3) is 0 Å². The molecule has 0 saturated heterocycles. The Bertz CT molecular complexity index is 402. The molecule has 1 fully saturated rings. The van der Waals surface area contributed by atoms with Gasteiger partial charge in [0.2, 0.25) is 0 Å². The van der Waals surface area contributed by atoms with E-state index in [2.05, 4.69) is 5.32 Å². The fourth-order valence-electron chi connectivity index (χ4n) is 2.47. The van der Waals surface area contributed by atoms with Crippen LogP contribution in [0, 0.1) is 5.92 Å². The third-order valence-corrected chi connectivity index (χ3v) is 3.64. The molecule has 0 amide bonds. The van der Waals surface area contributed by atoms with Crippen LogP contribution in [0.25, 0.3) is 0 Å². The highest BCUT2D eigenvalue weighted by atomic mass is 19.4. The molecule has 2 unspecified atom stereocenters. The van der Waals surface area contributed by atoms with E-state index in [-0.39, 0.29) is 12.0 Å². The minimum Gasteiger partial charge on any atom is -0.393 e. The standard InChI is InChI=1S/C14H18F3NO/c15-14(16,17)12-6-4-10(5-7-12)8-18-9-11-2-1-3-13(11)19/h4-7,11,13,18-19H,1-3,8-9H2. The van der Waals surface area contributed by atoms with E-state index in [9.17, 15) is 18.3 Å². The van der Waals surface area contributed by atoms with E-state index in [0.717, 1.165) is 37.0 Å². The Morgan fingerprint density at radius 3 is 2.37 bits per heavy atom. The van der Waals surface area contributed by atoms with Crippen LogP contribution in [0.15, 0.2) is 24.3 Å². The van der Waals surface area contributed by atoms with E-state index in [1.165, 1.54) is 12.1 Å². The summed E-state index contributed by atoms with van der Waals surface area (Å²) >= 11 is 0. The number of benzene rings is 1. The van der Waals surface area contributed by atoms with Gasteiger partial charge in [0.05, 0.1) is 11.7 Å². The number of halogens is 3. The summed E-state index contributed by atoms with van der Waals surface area (Å²) in [5.74, 6) is 0.273. The second-order valence-corrected chi connectivity index (χ2v) is 5.08. The van der Waals surface area contributed by atoms with Crippen LogP contribution in [0.1, 0.15) is 30.4 Å². The second kappa shape index (κ2) is 5.92. The number of aliphatic hydroxyl groups is 1. The van der Waals surface area contributed by atoms with Gasteiger partial charge in [-0.05, 0) is 36.5 Å². The Morgan fingerprint density at radius 1 is 1.16 bits per heavy atom. The van der Waals surface area contributed by atoms with Crippen molar-refractivity contribution in [1.29, 1.82) is 0 Å². The van der Waals surface area contributed by atoms with Crippen LogP contribution in [0.5, 0.6) is 0 Å². The molecule has 1 aromatic carbocycles. The number of hydrogen-bond donors (Lipinski definition) is 2. The van der Waals surface area contributed by atoms with Crippen molar-refractivity contribution in [2.24, 2.45) is 5.92 Å². The fraction of sp³-hybridized carbons (Fsp3) is 0.571. The number of rotatable bonds is 4. The van der Waals surface area contributed by atoms with E-state index in [1.807, 2.05) is 0 Å². The molecule has 0 bridgehead atoms. The van der Waals surface area contributed by atoms with Gasteiger partial charge >= 0.3 is 6.18 Å². The van der Waals surface area contributed by atoms with Crippen molar-refractivity contribution in [3.05, 3.63) is 35.4 Å². The molecular formula is C14H18F3NO. The maximum Gasteiger partial charge on any atom is 0.416 e. The van der Waals surface area contributed by atoms with Gasteiger partial charge in [-0.15, -0.1) is 0 Å². The third-order valence-electron chi connectivity index (χ3n) is 3.64. The molecule has 0 spiro atoms. The van der Waals surface area contributed by atoms with Gasteiger partial charge in [-0.25, -0.2) is 0 Å². The zero-order valence-electron chi connectivity index (χ0n) is 10.6. The van der Waals surface area contributed by atoms with E-state index in [0.29, 0.717) is 13.1 Å². The summed E-state index contributed by atoms with van der Waals surface area (Å²) in [7, 11) is 0. The number of nitrogens with one attached hydrogen (secondary N) is 1. The molecule has 19 heavy (non-hydrogen) atoms. The average Bonchev–Trinajstić information content (AvgIpc) is 2.75. The van der Waals surface area contributed by atoms with E-state index in [4.69, 9.17) is 0 Å². The van der Waals surface area contributed by atoms with Gasteiger partial charge in [0.1, 0.15) is 0 Å². The second-order valence-electron chi connectivity index (χ2n) is 5.08. The summed E-state index contributed by atoms with van der Waals surface area (Å²) in [5.41, 5.74) is 0.197. The van der Waals surface area contributed by atoms with Crippen molar-refractivity contribution in [2.75, 3.05) is 6.54 Å². The number of hydrogen-bond acceptors (Lipinski definition) is 2. The molecule has 5 heteroatoms. The van der Waals surface area contributed by atoms with Crippen molar-refractivity contribution >= 4 is 0 Å². The summed E-state index contributed by atoms with van der Waals surface area (Å²) in [6, 6.07) is 5.17. The topological polar surface area (TPSA) is 32.3 Å². The molecule has 1 aliphatic carbocycles. The summed E-state index contributed by atoms with van der Waals surface area (Å²) in [6.45, 7) is 1.24. The zero-order valence-corrected chi connectivity index (χ0v) is 10.6. The SMILES string of the molecule is OC1CCCC1CNCc1ccc(C(F)(F)F)cc1. The summed E-state index contributed by atoms with van der Waals surface area (Å²) in [5, 5.41) is 12.8. The van der Waals surface area contributed by atoms with Crippen LogP contribution < -0.4 is 5.32 Å². The molecule has 1 aromatic rings. The lowest BCUT2D eigenvalue weighted by atomic mass is 10.1. The molecular weight excluding hydrogens is 255 g/mol. The van der Waals surface area contributed by atoms with Crippen LogP contribution in [-0.4, -0.2) is 17.8 Å². The van der Waals surface area contributed by atoms with Gasteiger partial charge in [0.15, 0.2) is 0 Å². The van der Waals surface area contributed by atoms with Gasteiger partial charge in [-0.2, -0.15) is 13.2 Å². The average molecular weight is 273 g/mol. The molecule has 2 rings (SSSR count). The maximum absolute atomic E-state index is 12.4. The Balaban J connectivity index is 1.80. The summed E-state index contributed by atoms with van der Waals surface area (Å²) < 4.78 is 37.1. The van der Waals surface area contributed by atoms with Crippen LogP contribution >= 0.6 is 0 Å². The third kappa shape index (κ3) is 3.94. The highest BCUT2D eigenvalue weighted by Crippen LogP contribution is 2.29. The van der Waals surface area contributed by atoms with Gasteiger partial charge in [-0.1, -0.05) is 18.6 Å². The molecule has 2 nitrogen and oxygen atoms in total. The molecule has 0 aliphatic heterocycles. The van der Waals surface area contributed by atoms with E-state index < -0.39 is 11.7 Å². The summed E-state index contributed by atoms with van der Waals surface area (Å²) in [4.78, 5) is 0. The summed E-state index contributed by atoms with van der Waals surface area (Å²) in [6.07, 6.45) is -1.60. The van der Waals surface area contributed by atoms with Crippen molar-refractivity contribution in [1.82, 2.24) is 5.32 Å². The lowest BCUT2D eigenvalue weighted by Crippen LogP contribution is -2.27. The van der Waals surface area contributed by atoms with Gasteiger partial charge < -0.3 is 10.4 Å². The largest absolute Gasteiger partial charge is 0.416 e. The zero-order chi connectivity index (χ0) is 13.9. The molecule has 106 valence electrons. The molecule has 0 radical (unpaired) electrons. The normalized spacial score (nSPS) is 23.8. The quantitative estimate of drug-likeness (QED) is 0.884. The van der Waals surface area contributed by atoms with Crippen LogP contribution in [0.4, 0.5) is 13.2 Å². The van der Waals surface area contributed by atoms with Crippen LogP contribution in [0.3, 0.4) is 0 Å². The van der Waals surface area contributed by atoms with Crippen molar-refractivity contribution < 1.29 is 18.3 Å². The smallest absolute Gasteiger partial charge is 0.393 e. The minimum atomic E-state index is -4.28. The first kappa shape index (κ1) is 14.3. The molecule has 0 heterocycles. The molecule has 1 saturated carbocycles. The van der Waals surface area contributed by atoms with E-state index >= 15 is 0 Å². The molecule has 2 N–H and O–H groups in total. The number of alkyl halides is 3. The highest BCUT2D eigenvalue weighted by molar-refractivity contribution is 5.24. The maximum atomic E-state index is 12.4. The monoisotopic (exact) mass is 273 g/mol. The van der Waals surface area contributed by atoms with E-state index in [1.54, 1.807) is 0 Å². The first-order chi connectivity index (χ1) is 8.97. The Labute approximate surface area is 110 Å². The molecule has 0 aromatic heterocycles. The minimum absolute atomic E-state index is 0.236. The Kier molecular flexibility index (Phi) is 4.47. The molecule has 1 aliphatic rings. The van der Waals surface area contributed by atoms with Crippen molar-refractivity contribution in [2.45, 2.75) is 38.1 Å². The lowest BCUT2D eigenvalue weighted by Gasteiger charge is -2.15. The lowest BCUT2D eigenvalue weighted by molar-refractivity contribution is -0.137. The first-order valence-electron chi connectivity index (χ1n) is 6.52. The predicted molar refractivity (Wildman–Crippen MR) is 66.5 cm³/mol. The number of aliphatic hydroxyl groups excluding tert-OH is 1. The van der Waals surface area contributed by atoms with Crippen molar-refractivity contribution in [3.8, 4) is 0 Å². The Morgan fingerprint density at radius 2 is 1.84 bits per heavy atom. The van der Waals surface area contributed by atoms with Crippen LogP contribution in [0.2, 0.25) is 0 Å². The highest BCUT2D eigenvalue weighted by Gasteiger charge is 2.30. The fourth-order valence-corrected chi connectivity index (χ4v) is 2.47. The van der Waals surface area contributed by atoms with Gasteiger partial charge in [-0.3, -0.25) is 0 Å². The van der Waals surface area contributed by atoms with Crippen molar-refractivity contribution in [3.63, 3.8) is 0 Å². The first-order valence-corrected chi connectivity index (χ1v) is 6.52.